The number of aliphatic hydroxyl groups is 4. The van der Waals surface area contributed by atoms with E-state index in [0.717, 1.165) is 5.56 Å². The van der Waals surface area contributed by atoms with Gasteiger partial charge in [-0.15, -0.1) is 0 Å². The van der Waals surface area contributed by atoms with E-state index in [-0.39, 0.29) is 0 Å². The molecule has 8 nitrogen and oxygen atoms in total. The third-order valence-corrected chi connectivity index (χ3v) is 3.51. The first-order valence-corrected chi connectivity index (χ1v) is 6.87. The summed E-state index contributed by atoms with van der Waals surface area (Å²) in [5.74, 6) is 0. The van der Waals surface area contributed by atoms with Crippen molar-refractivity contribution < 1.29 is 30.0 Å². The Balaban J connectivity index is 1.97. The van der Waals surface area contributed by atoms with Crippen LogP contribution in [0.5, 0.6) is 0 Å². The third-order valence-electron chi connectivity index (χ3n) is 3.51. The van der Waals surface area contributed by atoms with Gasteiger partial charge in [0, 0.05) is 5.69 Å². The highest BCUT2D eigenvalue weighted by Crippen LogP contribution is 2.20. The van der Waals surface area contributed by atoms with Crippen molar-refractivity contribution in [3.8, 4) is 0 Å². The van der Waals surface area contributed by atoms with Gasteiger partial charge in [-0.3, -0.25) is 0 Å². The number of aryl methyl sites for hydroxylation is 1. The maximum atomic E-state index is 11.9. The first-order valence-electron chi connectivity index (χ1n) is 6.87. The van der Waals surface area contributed by atoms with E-state index in [0.29, 0.717) is 5.69 Å². The molecule has 0 spiro atoms. The van der Waals surface area contributed by atoms with Crippen LogP contribution in [0.25, 0.3) is 0 Å². The van der Waals surface area contributed by atoms with Crippen molar-refractivity contribution in [1.82, 2.24) is 5.32 Å². The zero-order valence-corrected chi connectivity index (χ0v) is 12.0. The van der Waals surface area contributed by atoms with E-state index in [1.807, 2.05) is 19.1 Å². The van der Waals surface area contributed by atoms with Crippen LogP contribution in [0.2, 0.25) is 0 Å². The Kier molecular flexibility index (Phi) is 5.33. The zero-order valence-electron chi connectivity index (χ0n) is 12.0. The number of amides is 2. The number of anilines is 1. The lowest BCUT2D eigenvalue weighted by Crippen LogP contribution is -2.64. The van der Waals surface area contributed by atoms with E-state index < -0.39 is 43.3 Å². The van der Waals surface area contributed by atoms with Gasteiger partial charge in [0.15, 0.2) is 6.29 Å². The smallest absolute Gasteiger partial charge is 0.319 e. The molecule has 2 amide bonds. The predicted octanol–water partition coefficient (Wildman–Crippen LogP) is -1.08. The molecule has 0 saturated carbocycles. The van der Waals surface area contributed by atoms with Gasteiger partial charge in [0.05, 0.1) is 6.61 Å². The van der Waals surface area contributed by atoms with Crippen LogP contribution in [0.15, 0.2) is 24.3 Å². The monoisotopic (exact) mass is 312 g/mol. The van der Waals surface area contributed by atoms with Crippen LogP contribution in [0.3, 0.4) is 0 Å². The SMILES string of the molecule is Cc1ccc(NC(=O)N[C@@H]2[C@@H](O)[C@H](O)[C@@H](CO)O[C@@H]2O)cc1. The van der Waals surface area contributed by atoms with Crippen LogP contribution in [-0.4, -0.2) is 63.7 Å². The van der Waals surface area contributed by atoms with Crippen LogP contribution in [-0.2, 0) is 4.74 Å². The summed E-state index contributed by atoms with van der Waals surface area (Å²) in [6, 6.07) is 5.16. The Bertz CT molecular complexity index is 509. The lowest BCUT2D eigenvalue weighted by molar-refractivity contribution is -0.252. The quantitative estimate of drug-likeness (QED) is 0.421. The molecule has 1 aromatic rings. The molecular weight excluding hydrogens is 292 g/mol. The number of nitrogens with one attached hydrogen (secondary N) is 2. The van der Waals surface area contributed by atoms with Gasteiger partial charge in [0.25, 0.3) is 0 Å². The van der Waals surface area contributed by atoms with Crippen LogP contribution in [0, 0.1) is 6.92 Å². The number of urea groups is 1. The van der Waals surface area contributed by atoms with Crippen molar-refractivity contribution in [3.63, 3.8) is 0 Å². The molecule has 2 rings (SSSR count). The van der Waals surface area contributed by atoms with Crippen molar-refractivity contribution in [3.05, 3.63) is 29.8 Å². The summed E-state index contributed by atoms with van der Waals surface area (Å²) in [6.07, 6.45) is -5.54. The summed E-state index contributed by atoms with van der Waals surface area (Å²) in [5.41, 5.74) is 1.58. The molecule has 5 atom stereocenters. The van der Waals surface area contributed by atoms with Crippen molar-refractivity contribution in [1.29, 1.82) is 0 Å². The molecule has 0 aromatic heterocycles. The van der Waals surface area contributed by atoms with E-state index in [2.05, 4.69) is 10.6 Å². The number of benzene rings is 1. The number of hydrogen-bond acceptors (Lipinski definition) is 6. The molecule has 0 unspecified atom stereocenters. The summed E-state index contributed by atoms with van der Waals surface area (Å²) in [5, 5.41) is 43.3. The van der Waals surface area contributed by atoms with E-state index in [1.54, 1.807) is 12.1 Å². The summed E-state index contributed by atoms with van der Waals surface area (Å²) < 4.78 is 4.95. The lowest BCUT2D eigenvalue weighted by Gasteiger charge is -2.40. The fourth-order valence-electron chi connectivity index (χ4n) is 2.21. The molecule has 1 fully saturated rings. The molecule has 1 aliphatic heterocycles. The minimum Gasteiger partial charge on any atom is -0.394 e. The number of ether oxygens (including phenoxy) is 1. The molecule has 22 heavy (non-hydrogen) atoms. The van der Waals surface area contributed by atoms with Crippen molar-refractivity contribution in [2.45, 2.75) is 37.6 Å². The Morgan fingerprint density at radius 2 is 1.82 bits per heavy atom. The minimum atomic E-state index is -1.54. The summed E-state index contributed by atoms with van der Waals surface area (Å²) >= 11 is 0. The third kappa shape index (κ3) is 3.73. The molecule has 0 aliphatic carbocycles. The Morgan fingerprint density at radius 1 is 1.18 bits per heavy atom. The Labute approximate surface area is 127 Å². The van der Waals surface area contributed by atoms with Gasteiger partial charge < -0.3 is 35.8 Å². The largest absolute Gasteiger partial charge is 0.394 e. The molecule has 0 bridgehead atoms. The van der Waals surface area contributed by atoms with Crippen molar-refractivity contribution in [2.75, 3.05) is 11.9 Å². The van der Waals surface area contributed by atoms with Crippen molar-refractivity contribution >= 4 is 11.7 Å². The van der Waals surface area contributed by atoms with Crippen LogP contribution < -0.4 is 10.6 Å². The second-order valence-corrected chi connectivity index (χ2v) is 5.22. The minimum absolute atomic E-state index is 0.539. The lowest BCUT2D eigenvalue weighted by atomic mass is 9.97. The van der Waals surface area contributed by atoms with Crippen LogP contribution >= 0.6 is 0 Å². The predicted molar refractivity (Wildman–Crippen MR) is 77.1 cm³/mol. The summed E-state index contributed by atoms with van der Waals surface area (Å²) in [7, 11) is 0. The zero-order chi connectivity index (χ0) is 16.3. The molecule has 1 saturated heterocycles. The maximum Gasteiger partial charge on any atom is 0.319 e. The number of carbonyl (C=O) groups excluding carboxylic acids is 1. The molecule has 122 valence electrons. The molecule has 1 aromatic carbocycles. The number of rotatable bonds is 3. The van der Waals surface area contributed by atoms with Gasteiger partial charge in [-0.25, -0.2) is 4.79 Å². The summed E-state index contributed by atoms with van der Waals surface area (Å²) in [4.78, 5) is 11.9. The standard InChI is InChI=1S/C14H20N2O6/c1-7-2-4-8(5-3-7)15-14(21)16-10-12(19)11(18)9(6-17)22-13(10)20/h2-5,9-13,17-20H,6H2,1H3,(H2,15,16,21)/t9-,10-,11-,12-,13+/m1/s1. The Hall–Kier alpha value is -1.71. The number of carbonyl (C=O) groups is 1. The topological polar surface area (TPSA) is 131 Å². The van der Waals surface area contributed by atoms with E-state index >= 15 is 0 Å². The van der Waals surface area contributed by atoms with Gasteiger partial charge in [-0.05, 0) is 19.1 Å². The van der Waals surface area contributed by atoms with E-state index in [9.17, 15) is 20.1 Å². The first kappa shape index (κ1) is 16.7. The Morgan fingerprint density at radius 3 is 2.41 bits per heavy atom. The summed E-state index contributed by atoms with van der Waals surface area (Å²) in [6.45, 7) is 1.35. The van der Waals surface area contributed by atoms with Gasteiger partial charge in [-0.2, -0.15) is 0 Å². The molecule has 1 heterocycles. The van der Waals surface area contributed by atoms with Crippen LogP contribution in [0.4, 0.5) is 10.5 Å². The second-order valence-electron chi connectivity index (χ2n) is 5.22. The van der Waals surface area contributed by atoms with Gasteiger partial charge >= 0.3 is 6.03 Å². The first-order chi connectivity index (χ1) is 10.4. The van der Waals surface area contributed by atoms with E-state index in [4.69, 9.17) is 9.84 Å². The molecule has 1 aliphatic rings. The van der Waals surface area contributed by atoms with Crippen molar-refractivity contribution in [2.24, 2.45) is 0 Å². The highest BCUT2D eigenvalue weighted by atomic mass is 16.6. The highest BCUT2D eigenvalue weighted by molar-refractivity contribution is 5.89. The molecule has 6 N–H and O–H groups in total. The molecule has 0 radical (unpaired) electrons. The van der Waals surface area contributed by atoms with Gasteiger partial charge in [0.1, 0.15) is 24.4 Å². The van der Waals surface area contributed by atoms with Gasteiger partial charge in [0.2, 0.25) is 0 Å². The fraction of sp³-hybridized carbons (Fsp3) is 0.500. The fourth-order valence-corrected chi connectivity index (χ4v) is 2.21. The number of hydrogen-bond donors (Lipinski definition) is 6. The van der Waals surface area contributed by atoms with Gasteiger partial charge in [-0.1, -0.05) is 17.7 Å². The molecular formula is C14H20N2O6. The normalized spacial score (nSPS) is 31.6. The van der Waals surface area contributed by atoms with Crippen LogP contribution in [0.1, 0.15) is 5.56 Å². The average Bonchev–Trinajstić information content (AvgIpc) is 2.49. The number of aliphatic hydroxyl groups excluding tert-OH is 4. The maximum absolute atomic E-state index is 11.9. The molecule has 8 heteroatoms. The second kappa shape index (κ2) is 7.03. The van der Waals surface area contributed by atoms with E-state index in [1.165, 1.54) is 0 Å². The highest BCUT2D eigenvalue weighted by Gasteiger charge is 2.44. The average molecular weight is 312 g/mol.